The maximum absolute atomic E-state index is 8.93. The van der Waals surface area contributed by atoms with Crippen molar-refractivity contribution < 1.29 is 42.8 Å². The van der Waals surface area contributed by atoms with Gasteiger partial charge in [0.05, 0.1) is 6.61 Å². The zero-order valence-electron chi connectivity index (χ0n) is 8.78. The molecular weight excluding hydrogens is 349 g/mol. The Morgan fingerprint density at radius 2 is 1.25 bits per heavy atom. The van der Waals surface area contributed by atoms with Crippen molar-refractivity contribution in [3.05, 3.63) is 66.6 Å². The summed E-state index contributed by atoms with van der Waals surface area (Å²) in [5.74, 6) is 0. The van der Waals surface area contributed by atoms with Crippen molar-refractivity contribution >= 4 is 0 Å². The van der Waals surface area contributed by atoms with Crippen LogP contribution in [0.1, 0.15) is 11.1 Å². The van der Waals surface area contributed by atoms with Crippen molar-refractivity contribution in [3.63, 3.8) is 0 Å². The van der Waals surface area contributed by atoms with Gasteiger partial charge < -0.3 is 5.11 Å². The molecule has 0 heterocycles. The molecule has 1 radical (unpaired) electrons. The number of hydrogen-bond acceptors (Lipinski definition) is 1. The van der Waals surface area contributed by atoms with Crippen LogP contribution in [0.5, 0.6) is 0 Å². The van der Waals surface area contributed by atoms with Crippen molar-refractivity contribution in [3.8, 4) is 11.1 Å². The number of aliphatic hydroxyl groups is 1. The summed E-state index contributed by atoms with van der Waals surface area (Å²) in [6, 6.07) is 16.0. The standard InChI is InChI=1S/C14H13O.Ho/c1-11-2-6-13(7-3-11)14-8-4-12(10-15)5-9-14;/h2-9,15H,1,10H2;/q-1;. The third kappa shape index (κ3) is 3.26. The van der Waals surface area contributed by atoms with Crippen molar-refractivity contribution in [2.75, 3.05) is 0 Å². The Morgan fingerprint density at radius 3 is 1.69 bits per heavy atom. The van der Waals surface area contributed by atoms with Crippen LogP contribution < -0.4 is 0 Å². The third-order valence-corrected chi connectivity index (χ3v) is 2.42. The minimum atomic E-state index is 0. The first-order valence-electron chi connectivity index (χ1n) is 4.92. The normalized spacial score (nSPS) is 9.56. The molecule has 0 amide bonds. The second-order valence-corrected chi connectivity index (χ2v) is 3.55. The third-order valence-electron chi connectivity index (χ3n) is 2.42. The van der Waals surface area contributed by atoms with Crippen LogP contribution >= 0.6 is 0 Å². The average Bonchev–Trinajstić information content (AvgIpc) is 2.30. The first-order chi connectivity index (χ1) is 7.29. The Hall–Kier alpha value is -0.470. The molecule has 0 spiro atoms. The second kappa shape index (κ2) is 6.31. The maximum atomic E-state index is 8.93. The molecular formula is C14H13HoO-. The molecule has 87 valence electrons. The van der Waals surface area contributed by atoms with E-state index in [1.807, 2.05) is 36.4 Å². The van der Waals surface area contributed by atoms with Crippen LogP contribution in [0.25, 0.3) is 11.1 Å². The molecule has 0 bridgehead atoms. The van der Waals surface area contributed by atoms with E-state index in [0.29, 0.717) is 0 Å². The number of hydrogen-bond donors (Lipinski definition) is 1. The summed E-state index contributed by atoms with van der Waals surface area (Å²) in [6.07, 6.45) is 0. The fourth-order valence-electron chi connectivity index (χ4n) is 1.50. The molecule has 2 aromatic rings. The second-order valence-electron chi connectivity index (χ2n) is 3.55. The van der Waals surface area contributed by atoms with E-state index in [2.05, 4.69) is 19.1 Å². The number of aliphatic hydroxyl groups excluding tert-OH is 1. The topological polar surface area (TPSA) is 20.2 Å². The van der Waals surface area contributed by atoms with E-state index in [1.54, 1.807) is 0 Å². The van der Waals surface area contributed by atoms with Gasteiger partial charge in [-0.1, -0.05) is 24.3 Å². The molecule has 0 saturated heterocycles. The molecule has 2 heteroatoms. The maximum Gasteiger partial charge on any atom is 0.0681 e. The fourth-order valence-corrected chi connectivity index (χ4v) is 1.50. The van der Waals surface area contributed by atoms with E-state index in [4.69, 9.17) is 5.11 Å². The molecule has 1 N–H and O–H groups in total. The molecule has 2 rings (SSSR count). The SMILES string of the molecule is [CH2-]c1ccc(-c2ccc(CO)cc2)cc1.[Ho]. The quantitative estimate of drug-likeness (QED) is 0.643. The summed E-state index contributed by atoms with van der Waals surface area (Å²) in [7, 11) is 0. The minimum absolute atomic E-state index is 0. The van der Waals surface area contributed by atoms with E-state index in [0.717, 1.165) is 16.7 Å². The Balaban J connectivity index is 0.00000128. The molecule has 0 aliphatic carbocycles. The van der Waals surface area contributed by atoms with Crippen LogP contribution in [-0.2, 0) is 6.61 Å². The van der Waals surface area contributed by atoms with Crippen LogP contribution in [0.2, 0.25) is 0 Å². The van der Waals surface area contributed by atoms with Gasteiger partial charge in [0, 0.05) is 37.7 Å². The van der Waals surface area contributed by atoms with Crippen LogP contribution in [0.3, 0.4) is 0 Å². The van der Waals surface area contributed by atoms with Gasteiger partial charge in [-0.25, -0.2) is 0 Å². The fraction of sp³-hybridized carbons (Fsp3) is 0.0714. The van der Waals surface area contributed by atoms with Crippen molar-refractivity contribution in [1.82, 2.24) is 0 Å². The number of rotatable bonds is 2. The predicted molar refractivity (Wildman–Crippen MR) is 62.3 cm³/mol. The first-order valence-corrected chi connectivity index (χ1v) is 4.92. The van der Waals surface area contributed by atoms with Gasteiger partial charge >= 0.3 is 0 Å². The Kier molecular flexibility index (Phi) is 5.36. The molecule has 0 atom stereocenters. The largest absolute Gasteiger partial charge is 0.392 e. The van der Waals surface area contributed by atoms with Crippen LogP contribution in [0.4, 0.5) is 0 Å². The first kappa shape index (κ1) is 13.6. The summed E-state index contributed by atoms with van der Waals surface area (Å²) in [4.78, 5) is 0. The Morgan fingerprint density at radius 1 is 0.812 bits per heavy atom. The van der Waals surface area contributed by atoms with Gasteiger partial charge in [0.25, 0.3) is 0 Å². The zero-order chi connectivity index (χ0) is 10.7. The van der Waals surface area contributed by atoms with Crippen LogP contribution in [0.15, 0.2) is 48.5 Å². The van der Waals surface area contributed by atoms with Crippen LogP contribution in [-0.4, -0.2) is 5.11 Å². The summed E-state index contributed by atoms with van der Waals surface area (Å²) in [5, 5.41) is 8.93. The van der Waals surface area contributed by atoms with Crippen LogP contribution in [0, 0.1) is 44.7 Å². The monoisotopic (exact) mass is 362 g/mol. The van der Waals surface area contributed by atoms with E-state index in [-0.39, 0.29) is 44.3 Å². The molecule has 1 nitrogen and oxygen atoms in total. The summed E-state index contributed by atoms with van der Waals surface area (Å²) in [6.45, 7) is 3.94. The summed E-state index contributed by atoms with van der Waals surface area (Å²) in [5.41, 5.74) is 4.29. The molecule has 0 aliphatic heterocycles. The van der Waals surface area contributed by atoms with Gasteiger partial charge in [0.15, 0.2) is 0 Å². The number of benzene rings is 2. The summed E-state index contributed by atoms with van der Waals surface area (Å²) >= 11 is 0. The molecule has 0 unspecified atom stereocenters. The molecule has 2 aromatic carbocycles. The molecule has 0 fully saturated rings. The van der Waals surface area contributed by atoms with Crippen molar-refractivity contribution in [2.45, 2.75) is 6.61 Å². The molecule has 0 saturated carbocycles. The van der Waals surface area contributed by atoms with E-state index in [9.17, 15) is 0 Å². The van der Waals surface area contributed by atoms with Gasteiger partial charge in [-0.15, -0.1) is 12.1 Å². The minimum Gasteiger partial charge on any atom is -0.392 e. The van der Waals surface area contributed by atoms with Gasteiger partial charge in [-0.2, -0.15) is 24.6 Å². The smallest absolute Gasteiger partial charge is 0.0681 e. The van der Waals surface area contributed by atoms with E-state index < -0.39 is 0 Å². The Labute approximate surface area is 126 Å². The van der Waals surface area contributed by atoms with E-state index >= 15 is 0 Å². The van der Waals surface area contributed by atoms with Gasteiger partial charge in [-0.05, 0) is 16.7 Å². The molecule has 0 aromatic heterocycles. The van der Waals surface area contributed by atoms with E-state index in [1.165, 1.54) is 5.56 Å². The molecule has 16 heavy (non-hydrogen) atoms. The van der Waals surface area contributed by atoms with Gasteiger partial charge in [-0.3, -0.25) is 0 Å². The Bertz CT molecular complexity index is 431. The average molecular weight is 362 g/mol. The van der Waals surface area contributed by atoms with Gasteiger partial charge in [0.2, 0.25) is 0 Å². The predicted octanol–water partition coefficient (Wildman–Crippen LogP) is 3.03. The summed E-state index contributed by atoms with van der Waals surface area (Å²) < 4.78 is 0. The molecule has 0 aliphatic rings. The zero-order valence-corrected chi connectivity index (χ0v) is 10.7. The van der Waals surface area contributed by atoms with Crippen molar-refractivity contribution in [1.29, 1.82) is 0 Å². The van der Waals surface area contributed by atoms with Gasteiger partial charge in [0.1, 0.15) is 0 Å². The van der Waals surface area contributed by atoms with Crippen molar-refractivity contribution in [2.24, 2.45) is 0 Å².